The highest BCUT2D eigenvalue weighted by Crippen LogP contribution is 2.32. The summed E-state index contributed by atoms with van der Waals surface area (Å²) >= 11 is 0. The minimum absolute atomic E-state index is 0.357. The number of aryl methyl sites for hydroxylation is 1. The summed E-state index contributed by atoms with van der Waals surface area (Å²) in [5, 5.41) is 2.79. The lowest BCUT2D eigenvalue weighted by molar-refractivity contribution is -0.131. The van der Waals surface area contributed by atoms with Gasteiger partial charge in [0.05, 0.1) is 6.54 Å². The van der Waals surface area contributed by atoms with Crippen LogP contribution in [0.3, 0.4) is 0 Å². The molecular weight excluding hydrogens is 409 g/mol. The van der Waals surface area contributed by atoms with Crippen LogP contribution < -0.4 is 5.32 Å². The highest BCUT2D eigenvalue weighted by atomic mass is 19.1. The van der Waals surface area contributed by atoms with Crippen LogP contribution in [0.2, 0.25) is 0 Å². The van der Waals surface area contributed by atoms with E-state index < -0.39 is 17.5 Å². The molecule has 1 unspecified atom stereocenters. The van der Waals surface area contributed by atoms with E-state index in [1.165, 1.54) is 12.1 Å². The van der Waals surface area contributed by atoms with Gasteiger partial charge in [0, 0.05) is 22.6 Å². The van der Waals surface area contributed by atoms with Crippen LogP contribution in [0.1, 0.15) is 40.7 Å². The molecule has 2 aromatic carbocycles. The van der Waals surface area contributed by atoms with Gasteiger partial charge in [0.15, 0.2) is 5.78 Å². The minimum atomic E-state index is -1.18. The summed E-state index contributed by atoms with van der Waals surface area (Å²) < 4.78 is 15.5. The summed E-state index contributed by atoms with van der Waals surface area (Å²) in [4.78, 5) is 40.1. The van der Waals surface area contributed by atoms with Crippen molar-refractivity contribution < 1.29 is 18.8 Å². The van der Waals surface area contributed by atoms with Crippen LogP contribution in [-0.2, 0) is 10.3 Å². The van der Waals surface area contributed by atoms with Crippen molar-refractivity contribution in [3.05, 3.63) is 89.0 Å². The molecule has 0 radical (unpaired) electrons. The highest BCUT2D eigenvalue weighted by Gasteiger charge is 2.51. The van der Waals surface area contributed by atoms with Crippen LogP contribution in [0.5, 0.6) is 0 Å². The third-order valence-electron chi connectivity index (χ3n) is 6.07. The predicted molar refractivity (Wildman–Crippen MR) is 118 cm³/mol. The first-order chi connectivity index (χ1) is 15.3. The summed E-state index contributed by atoms with van der Waals surface area (Å²) in [6.45, 7) is 5.03. The number of hydrogen-bond donors (Lipinski definition) is 1. The Morgan fingerprint density at radius 2 is 1.75 bits per heavy atom. The van der Waals surface area contributed by atoms with Gasteiger partial charge < -0.3 is 9.88 Å². The molecule has 0 aliphatic carbocycles. The summed E-state index contributed by atoms with van der Waals surface area (Å²) in [6.07, 6.45) is 0.361. The van der Waals surface area contributed by atoms with E-state index in [9.17, 15) is 18.8 Å². The Labute approximate surface area is 185 Å². The number of rotatable bonds is 6. The molecule has 2 heterocycles. The number of nitrogens with one attached hydrogen (secondary N) is 1. The quantitative estimate of drug-likeness (QED) is 0.466. The zero-order chi connectivity index (χ0) is 23.0. The number of carbonyl (C=O) groups excluding carboxylic acids is 3. The predicted octanol–water partition coefficient (Wildman–Crippen LogP) is 4.27. The Kier molecular flexibility index (Phi) is 5.42. The van der Waals surface area contributed by atoms with Crippen molar-refractivity contribution in [2.24, 2.45) is 0 Å². The van der Waals surface area contributed by atoms with E-state index >= 15 is 0 Å². The van der Waals surface area contributed by atoms with Crippen LogP contribution in [0.25, 0.3) is 5.69 Å². The average molecular weight is 433 g/mol. The molecule has 6 nitrogen and oxygen atoms in total. The van der Waals surface area contributed by atoms with Gasteiger partial charge in [-0.25, -0.2) is 9.18 Å². The monoisotopic (exact) mass is 433 g/mol. The van der Waals surface area contributed by atoms with Gasteiger partial charge in [-0.3, -0.25) is 14.5 Å². The van der Waals surface area contributed by atoms with Crippen LogP contribution in [0.15, 0.2) is 60.7 Å². The van der Waals surface area contributed by atoms with Crippen molar-refractivity contribution in [1.82, 2.24) is 14.8 Å². The summed E-state index contributed by atoms with van der Waals surface area (Å²) in [7, 11) is 0. The second-order valence-corrected chi connectivity index (χ2v) is 7.97. The van der Waals surface area contributed by atoms with E-state index in [-0.39, 0.29) is 18.1 Å². The van der Waals surface area contributed by atoms with Crippen LogP contribution in [0.4, 0.5) is 9.18 Å². The minimum Gasteiger partial charge on any atom is -0.319 e. The molecule has 0 saturated carbocycles. The second-order valence-electron chi connectivity index (χ2n) is 7.97. The topological polar surface area (TPSA) is 71.4 Å². The van der Waals surface area contributed by atoms with E-state index in [2.05, 4.69) is 5.32 Å². The van der Waals surface area contributed by atoms with Crippen LogP contribution >= 0.6 is 0 Å². The van der Waals surface area contributed by atoms with E-state index in [0.717, 1.165) is 10.6 Å². The molecule has 7 heteroatoms. The molecule has 164 valence electrons. The number of aromatic nitrogens is 1. The number of hydrogen-bond acceptors (Lipinski definition) is 3. The van der Waals surface area contributed by atoms with Crippen molar-refractivity contribution in [2.75, 3.05) is 6.54 Å². The fraction of sp³-hybridized carbons (Fsp3) is 0.240. The first kappa shape index (κ1) is 21.5. The van der Waals surface area contributed by atoms with Crippen LogP contribution in [-0.4, -0.2) is 33.7 Å². The van der Waals surface area contributed by atoms with Crippen molar-refractivity contribution in [3.63, 3.8) is 0 Å². The first-order valence-corrected chi connectivity index (χ1v) is 10.5. The number of amides is 3. The standard InChI is InChI=1S/C25H24FN3O3/c1-4-25(18-9-6-5-7-10-18)23(31)28(24(32)27-25)15-22(30)21-13-16(2)29(17(21)3)20-12-8-11-19(26)14-20/h5-14H,4,15H2,1-3H3,(H,27,32). The van der Waals surface area contributed by atoms with Crippen molar-refractivity contribution in [3.8, 4) is 5.69 Å². The molecule has 1 N–H and O–H groups in total. The zero-order valence-corrected chi connectivity index (χ0v) is 18.2. The van der Waals surface area contributed by atoms with Gasteiger partial charge in [-0.15, -0.1) is 0 Å². The van der Waals surface area contributed by atoms with Crippen molar-refractivity contribution in [2.45, 2.75) is 32.7 Å². The normalized spacial score (nSPS) is 18.2. The highest BCUT2D eigenvalue weighted by molar-refractivity contribution is 6.11. The fourth-order valence-electron chi connectivity index (χ4n) is 4.42. The Bertz CT molecular complexity index is 1220. The Morgan fingerprint density at radius 1 is 1.03 bits per heavy atom. The molecule has 1 aromatic heterocycles. The molecule has 0 bridgehead atoms. The van der Waals surface area contributed by atoms with Crippen LogP contribution in [0, 0.1) is 19.7 Å². The lowest BCUT2D eigenvalue weighted by Gasteiger charge is -2.25. The molecule has 1 aliphatic rings. The molecule has 1 aliphatic heterocycles. The number of carbonyl (C=O) groups is 3. The number of urea groups is 1. The number of Topliss-reactive ketones (excluding diaryl/α,β-unsaturated/α-hetero) is 1. The van der Waals surface area contributed by atoms with Crippen molar-refractivity contribution >= 4 is 17.7 Å². The SMILES string of the molecule is CCC1(c2ccccc2)NC(=O)N(CC(=O)c2cc(C)n(-c3cccc(F)c3)c2C)C1=O. The van der Waals surface area contributed by atoms with E-state index in [4.69, 9.17) is 0 Å². The zero-order valence-electron chi connectivity index (χ0n) is 18.2. The van der Waals surface area contributed by atoms with Gasteiger partial charge in [-0.1, -0.05) is 43.3 Å². The Hall–Kier alpha value is -3.74. The third-order valence-corrected chi connectivity index (χ3v) is 6.07. The molecule has 1 fully saturated rings. The molecule has 3 amide bonds. The summed E-state index contributed by atoms with van der Waals surface area (Å²) in [5.41, 5.74) is 1.86. The van der Waals surface area contributed by atoms with Gasteiger partial charge in [-0.2, -0.15) is 0 Å². The lowest BCUT2D eigenvalue weighted by Crippen LogP contribution is -2.43. The maximum atomic E-state index is 13.7. The molecule has 32 heavy (non-hydrogen) atoms. The molecule has 0 spiro atoms. The number of imide groups is 1. The number of halogens is 1. The lowest BCUT2D eigenvalue weighted by atomic mass is 9.87. The van der Waals surface area contributed by atoms with Gasteiger partial charge in [0.25, 0.3) is 5.91 Å². The van der Waals surface area contributed by atoms with E-state index in [0.29, 0.717) is 28.9 Å². The largest absolute Gasteiger partial charge is 0.325 e. The van der Waals surface area contributed by atoms with Gasteiger partial charge >= 0.3 is 6.03 Å². The van der Waals surface area contributed by atoms with Gasteiger partial charge in [0.2, 0.25) is 0 Å². The summed E-state index contributed by atoms with van der Waals surface area (Å²) in [6, 6.07) is 16.2. The number of nitrogens with zero attached hydrogens (tertiary/aromatic N) is 2. The number of ketones is 1. The maximum Gasteiger partial charge on any atom is 0.325 e. The van der Waals surface area contributed by atoms with E-state index in [1.54, 1.807) is 54.0 Å². The fourth-order valence-corrected chi connectivity index (χ4v) is 4.42. The van der Waals surface area contributed by atoms with Gasteiger partial charge in [-0.05, 0) is 50.1 Å². The third kappa shape index (κ3) is 3.39. The Morgan fingerprint density at radius 3 is 2.41 bits per heavy atom. The molecular formula is C25H24FN3O3. The molecule has 3 aromatic rings. The first-order valence-electron chi connectivity index (χ1n) is 10.5. The molecule has 1 atom stereocenters. The molecule has 4 rings (SSSR count). The average Bonchev–Trinajstić information content (AvgIpc) is 3.22. The van der Waals surface area contributed by atoms with E-state index in [1.807, 2.05) is 19.9 Å². The maximum absolute atomic E-state index is 13.7. The van der Waals surface area contributed by atoms with Gasteiger partial charge in [0.1, 0.15) is 11.4 Å². The smallest absolute Gasteiger partial charge is 0.319 e. The summed E-state index contributed by atoms with van der Waals surface area (Å²) in [5.74, 6) is -1.17. The van der Waals surface area contributed by atoms with Crippen molar-refractivity contribution in [1.29, 1.82) is 0 Å². The Balaban J connectivity index is 1.63. The molecule has 1 saturated heterocycles. The second kappa shape index (κ2) is 8.07. The number of benzene rings is 2.